The van der Waals surface area contributed by atoms with Crippen molar-refractivity contribution in [3.8, 4) is 6.07 Å². The van der Waals surface area contributed by atoms with Crippen molar-refractivity contribution in [1.29, 1.82) is 5.26 Å². The van der Waals surface area contributed by atoms with Crippen LogP contribution in [0.4, 0.5) is 8.78 Å². The van der Waals surface area contributed by atoms with E-state index >= 15 is 0 Å². The second-order valence-electron chi connectivity index (χ2n) is 3.31. The molecule has 0 bridgehead atoms. The first-order valence-corrected chi connectivity index (χ1v) is 4.76. The van der Waals surface area contributed by atoms with Crippen LogP contribution < -0.4 is 0 Å². The highest BCUT2D eigenvalue weighted by atomic mass is 19.1. The first-order chi connectivity index (χ1) is 8.49. The molecule has 0 heterocycles. The van der Waals surface area contributed by atoms with Crippen LogP contribution in [0.1, 0.15) is 15.9 Å². The molecule has 0 saturated heterocycles. The average molecular weight is 246 g/mol. The normalized spacial score (nSPS) is 10.1. The summed E-state index contributed by atoms with van der Waals surface area (Å²) in [4.78, 5) is 14.0. The molecule has 0 radical (unpaired) electrons. The number of rotatable bonds is 4. The molecule has 1 aromatic carbocycles. The number of aliphatic imine (C=N–C) groups is 1. The molecule has 90 valence electrons. The monoisotopic (exact) mass is 246 g/mol. The number of aldehydes is 1. The summed E-state index contributed by atoms with van der Waals surface area (Å²) >= 11 is 0. The van der Waals surface area contributed by atoms with Crippen LogP contribution in [0.3, 0.4) is 0 Å². The average Bonchev–Trinajstić information content (AvgIpc) is 2.34. The summed E-state index contributed by atoms with van der Waals surface area (Å²) in [6.07, 6.45) is 1.27. The van der Waals surface area contributed by atoms with Gasteiger partial charge in [-0.25, -0.2) is 13.8 Å². The number of nitriles is 1. The van der Waals surface area contributed by atoms with Crippen molar-refractivity contribution < 1.29 is 13.6 Å². The minimum Gasteiger partial charge on any atom is -0.298 e. The van der Waals surface area contributed by atoms with Gasteiger partial charge in [-0.3, -0.25) is 4.79 Å². The first-order valence-electron chi connectivity index (χ1n) is 4.76. The van der Waals surface area contributed by atoms with E-state index in [1.165, 1.54) is 6.21 Å². The molecule has 0 saturated carbocycles. The Hall–Kier alpha value is -2.61. The van der Waals surface area contributed by atoms with Crippen molar-refractivity contribution in [3.05, 3.63) is 53.7 Å². The number of hydrogen-bond acceptors (Lipinski definition) is 3. The van der Waals surface area contributed by atoms with Crippen LogP contribution in [-0.2, 0) is 0 Å². The van der Waals surface area contributed by atoms with E-state index in [2.05, 4.69) is 18.2 Å². The molecule has 0 aliphatic carbocycles. The minimum atomic E-state index is -0.978. The topological polar surface area (TPSA) is 53.2 Å². The van der Waals surface area contributed by atoms with Gasteiger partial charge in [-0.05, 0) is 23.3 Å². The second kappa shape index (κ2) is 5.64. The fraction of sp³-hybridized carbons (Fsp3) is 0. The molecule has 18 heavy (non-hydrogen) atoms. The largest absolute Gasteiger partial charge is 0.298 e. The third-order valence-electron chi connectivity index (χ3n) is 2.07. The highest BCUT2D eigenvalue weighted by Crippen LogP contribution is 2.18. The molecule has 0 fully saturated rings. The molecule has 1 aromatic rings. The van der Waals surface area contributed by atoms with E-state index in [1.54, 1.807) is 6.07 Å². The number of nitrogens with zero attached hydrogens (tertiary/aromatic N) is 2. The number of carbonyl (C=O) groups is 1. The molecule has 0 atom stereocenters. The lowest BCUT2D eigenvalue weighted by atomic mass is 10.1. The van der Waals surface area contributed by atoms with Crippen LogP contribution in [-0.4, -0.2) is 12.5 Å². The van der Waals surface area contributed by atoms with Gasteiger partial charge < -0.3 is 0 Å². The zero-order valence-corrected chi connectivity index (χ0v) is 9.28. The zero-order chi connectivity index (χ0) is 13.7. The van der Waals surface area contributed by atoms with Gasteiger partial charge in [0.2, 0.25) is 0 Å². The Morgan fingerprint density at radius 3 is 2.33 bits per heavy atom. The van der Waals surface area contributed by atoms with Gasteiger partial charge in [-0.1, -0.05) is 13.2 Å². The maximum absolute atomic E-state index is 13.3. The van der Waals surface area contributed by atoms with Gasteiger partial charge in [0.05, 0.1) is 5.56 Å². The van der Waals surface area contributed by atoms with E-state index < -0.39 is 17.2 Å². The van der Waals surface area contributed by atoms with E-state index in [1.807, 2.05) is 0 Å². The standard InChI is InChI=1S/C13H8F2N2O/c1-8(6-17-9(2)5-16)10-3-12(14)11(7-18)13(15)4-10/h3-4,6-7H,1-2H2/b17-6+. The summed E-state index contributed by atoms with van der Waals surface area (Å²) in [5.74, 6) is -1.96. The Bertz CT molecular complexity index is 574. The third-order valence-corrected chi connectivity index (χ3v) is 2.07. The number of hydrogen-bond donors (Lipinski definition) is 0. The van der Waals surface area contributed by atoms with Crippen molar-refractivity contribution in [2.24, 2.45) is 4.99 Å². The first kappa shape index (κ1) is 13.5. The van der Waals surface area contributed by atoms with E-state index in [0.29, 0.717) is 0 Å². The van der Waals surface area contributed by atoms with Crippen LogP contribution in [0.25, 0.3) is 5.57 Å². The molecular weight excluding hydrogens is 238 g/mol. The summed E-state index contributed by atoms with van der Waals surface area (Å²) in [7, 11) is 0. The summed E-state index contributed by atoms with van der Waals surface area (Å²) < 4.78 is 26.6. The van der Waals surface area contributed by atoms with Crippen molar-refractivity contribution in [2.75, 3.05) is 0 Å². The molecule has 1 rings (SSSR count). The zero-order valence-electron chi connectivity index (χ0n) is 9.28. The van der Waals surface area contributed by atoms with Gasteiger partial charge >= 0.3 is 0 Å². The molecule has 0 aromatic heterocycles. The van der Waals surface area contributed by atoms with Gasteiger partial charge in [0, 0.05) is 6.21 Å². The van der Waals surface area contributed by atoms with Gasteiger partial charge in [0.25, 0.3) is 0 Å². The number of allylic oxidation sites excluding steroid dienone is 2. The number of carbonyl (C=O) groups excluding carboxylic acids is 1. The molecule has 3 nitrogen and oxygen atoms in total. The fourth-order valence-electron chi connectivity index (χ4n) is 1.14. The van der Waals surface area contributed by atoms with Crippen molar-refractivity contribution in [1.82, 2.24) is 0 Å². The number of benzene rings is 1. The Kier molecular flexibility index (Phi) is 4.22. The summed E-state index contributed by atoms with van der Waals surface area (Å²) in [6, 6.07) is 3.62. The summed E-state index contributed by atoms with van der Waals surface area (Å²) in [5.41, 5.74) is -0.363. The Balaban J connectivity index is 3.09. The Morgan fingerprint density at radius 2 is 1.89 bits per heavy atom. The molecule has 0 unspecified atom stereocenters. The Morgan fingerprint density at radius 1 is 1.33 bits per heavy atom. The van der Waals surface area contributed by atoms with E-state index in [9.17, 15) is 13.6 Å². The maximum Gasteiger partial charge on any atom is 0.155 e. The smallest absolute Gasteiger partial charge is 0.155 e. The molecule has 0 spiro atoms. The molecular formula is C13H8F2N2O. The lowest BCUT2D eigenvalue weighted by molar-refractivity contribution is 0.111. The van der Waals surface area contributed by atoms with E-state index in [-0.39, 0.29) is 23.1 Å². The van der Waals surface area contributed by atoms with Crippen LogP contribution in [0.15, 0.2) is 36.0 Å². The highest BCUT2D eigenvalue weighted by Gasteiger charge is 2.11. The second-order valence-corrected chi connectivity index (χ2v) is 3.31. The van der Waals surface area contributed by atoms with Gasteiger partial charge in [-0.2, -0.15) is 5.26 Å². The number of halogens is 2. The quantitative estimate of drug-likeness (QED) is 0.466. The maximum atomic E-state index is 13.3. The van der Waals surface area contributed by atoms with Gasteiger partial charge in [-0.15, -0.1) is 0 Å². The van der Waals surface area contributed by atoms with Crippen molar-refractivity contribution >= 4 is 18.1 Å². The van der Waals surface area contributed by atoms with Crippen LogP contribution in [0, 0.1) is 23.0 Å². The summed E-state index contributed by atoms with van der Waals surface area (Å²) in [6.45, 7) is 6.85. The molecule has 5 heteroatoms. The minimum absolute atomic E-state index is 0.0541. The van der Waals surface area contributed by atoms with Crippen molar-refractivity contribution in [2.45, 2.75) is 0 Å². The summed E-state index contributed by atoms with van der Waals surface area (Å²) in [5, 5.41) is 8.42. The fourth-order valence-corrected chi connectivity index (χ4v) is 1.14. The molecule has 0 aliphatic heterocycles. The SMILES string of the molecule is C=C(C#N)/N=C/C(=C)c1cc(F)c(C=O)c(F)c1. The predicted molar refractivity (Wildman–Crippen MR) is 64.0 cm³/mol. The van der Waals surface area contributed by atoms with Gasteiger partial charge in [0.15, 0.2) is 6.29 Å². The lowest BCUT2D eigenvalue weighted by Crippen LogP contribution is -1.97. The lowest BCUT2D eigenvalue weighted by Gasteiger charge is -2.03. The Labute approximate surface area is 102 Å². The van der Waals surface area contributed by atoms with E-state index in [0.717, 1.165) is 12.1 Å². The predicted octanol–water partition coefficient (Wildman–Crippen LogP) is 2.90. The third kappa shape index (κ3) is 2.95. The van der Waals surface area contributed by atoms with Crippen LogP contribution >= 0.6 is 0 Å². The van der Waals surface area contributed by atoms with E-state index in [4.69, 9.17) is 5.26 Å². The van der Waals surface area contributed by atoms with Crippen molar-refractivity contribution in [3.63, 3.8) is 0 Å². The highest BCUT2D eigenvalue weighted by molar-refractivity contribution is 6.09. The van der Waals surface area contributed by atoms with Gasteiger partial charge in [0.1, 0.15) is 23.4 Å². The van der Waals surface area contributed by atoms with Crippen LogP contribution in [0.5, 0.6) is 0 Å². The molecule has 0 amide bonds. The molecule has 0 N–H and O–H groups in total. The van der Waals surface area contributed by atoms with Crippen LogP contribution in [0.2, 0.25) is 0 Å². The molecule has 0 aliphatic rings.